The van der Waals surface area contributed by atoms with Crippen molar-refractivity contribution < 1.29 is 43.3 Å². The third-order valence-electron chi connectivity index (χ3n) is 9.62. The monoisotopic (exact) mass is 848 g/mol. The molecule has 320 valence electrons. The largest absolute Gasteiger partial charge is 0.497 e. The molecule has 1 fully saturated rings. The summed E-state index contributed by atoms with van der Waals surface area (Å²) >= 11 is 5.86. The first-order chi connectivity index (χ1) is 29.5. The second kappa shape index (κ2) is 25.9. The fourth-order valence-corrected chi connectivity index (χ4v) is 6.50. The van der Waals surface area contributed by atoms with E-state index in [1.807, 2.05) is 42.5 Å². The summed E-state index contributed by atoms with van der Waals surface area (Å²) < 4.78 is 15.9. The van der Waals surface area contributed by atoms with Crippen molar-refractivity contribution in [1.29, 1.82) is 0 Å². The molecule has 0 spiro atoms. The van der Waals surface area contributed by atoms with E-state index in [0.717, 1.165) is 29.2 Å². The Morgan fingerprint density at radius 1 is 0.656 bits per heavy atom. The lowest BCUT2D eigenvalue weighted by Crippen LogP contribution is -2.32. The molecule has 0 heterocycles. The number of hydrogen-bond donors (Lipinski definition) is 3. The van der Waals surface area contributed by atoms with Crippen LogP contribution in [0.2, 0.25) is 5.02 Å². The van der Waals surface area contributed by atoms with E-state index in [2.05, 4.69) is 10.6 Å². The summed E-state index contributed by atoms with van der Waals surface area (Å²) in [6.45, 7) is 1.80. The zero-order valence-corrected chi connectivity index (χ0v) is 35.2. The molecular weight excluding hydrogens is 796 g/mol. The summed E-state index contributed by atoms with van der Waals surface area (Å²) in [6.07, 6.45) is 5.13. The Bertz CT molecular complexity index is 2090. The van der Waals surface area contributed by atoms with Crippen LogP contribution in [0.5, 0.6) is 5.75 Å². The van der Waals surface area contributed by atoms with Crippen LogP contribution in [0.4, 0.5) is 11.4 Å². The van der Waals surface area contributed by atoms with Crippen LogP contribution in [0.15, 0.2) is 140 Å². The van der Waals surface area contributed by atoms with E-state index in [0.29, 0.717) is 34.8 Å². The van der Waals surface area contributed by atoms with Crippen molar-refractivity contribution in [2.24, 2.45) is 5.92 Å². The van der Waals surface area contributed by atoms with Crippen molar-refractivity contribution in [2.45, 2.75) is 76.9 Å². The van der Waals surface area contributed by atoms with E-state index in [4.69, 9.17) is 30.9 Å². The van der Waals surface area contributed by atoms with Crippen LogP contribution in [0.25, 0.3) is 0 Å². The van der Waals surface area contributed by atoms with Crippen molar-refractivity contribution in [1.82, 2.24) is 0 Å². The highest BCUT2D eigenvalue weighted by Gasteiger charge is 2.25. The van der Waals surface area contributed by atoms with Crippen molar-refractivity contribution in [3.63, 3.8) is 0 Å². The molecule has 1 aliphatic rings. The van der Waals surface area contributed by atoms with Gasteiger partial charge in [-0.25, -0.2) is 0 Å². The first kappa shape index (κ1) is 47.2. The third-order valence-corrected chi connectivity index (χ3v) is 9.87. The molecule has 0 bridgehead atoms. The maximum absolute atomic E-state index is 12.7. The molecule has 0 aromatic heterocycles. The van der Waals surface area contributed by atoms with E-state index in [-0.39, 0.29) is 18.7 Å². The topological polar surface area (TPSA) is 157 Å². The highest BCUT2D eigenvalue weighted by Crippen LogP contribution is 2.28. The van der Waals surface area contributed by atoms with Gasteiger partial charge in [0.25, 0.3) is 11.8 Å². The summed E-state index contributed by atoms with van der Waals surface area (Å²) in [7, 11) is 1.58. The minimum atomic E-state index is -1.04. The maximum Gasteiger partial charge on any atom is 0.311 e. The lowest BCUT2D eigenvalue weighted by molar-refractivity contribution is -0.154. The summed E-state index contributed by atoms with van der Waals surface area (Å²) in [5, 5.41) is 14.5. The van der Waals surface area contributed by atoms with E-state index < -0.39 is 36.0 Å². The zero-order chi connectivity index (χ0) is 43.8. The first-order valence-electron chi connectivity index (χ1n) is 20.3. The van der Waals surface area contributed by atoms with Crippen molar-refractivity contribution >= 4 is 52.7 Å². The Morgan fingerprint density at radius 3 is 1.62 bits per heavy atom. The number of benzene rings is 5. The Kier molecular flexibility index (Phi) is 20.0. The molecule has 11 nitrogen and oxygen atoms in total. The quantitative estimate of drug-likeness (QED) is 0.0822. The molecule has 2 atom stereocenters. The van der Waals surface area contributed by atoms with Gasteiger partial charge in [0.05, 0.1) is 20.0 Å². The lowest BCUT2D eigenvalue weighted by Gasteiger charge is -2.18. The van der Waals surface area contributed by atoms with Gasteiger partial charge in [0.1, 0.15) is 5.75 Å². The first-order valence-corrected chi connectivity index (χ1v) is 20.7. The number of para-hydroxylation sites is 2. The molecule has 1 saturated carbocycles. The number of carboxylic acids is 1. The van der Waals surface area contributed by atoms with Crippen molar-refractivity contribution in [3.8, 4) is 5.75 Å². The van der Waals surface area contributed by atoms with Crippen molar-refractivity contribution in [3.05, 3.63) is 161 Å². The van der Waals surface area contributed by atoms with Crippen molar-refractivity contribution in [2.75, 3.05) is 17.7 Å². The molecular formula is C49H53ClN2O9. The number of carbonyl (C=O) groups excluding carboxylic acids is 4. The van der Waals surface area contributed by atoms with Crippen LogP contribution in [0.1, 0.15) is 74.7 Å². The highest BCUT2D eigenvalue weighted by molar-refractivity contribution is 6.30. The Morgan fingerprint density at radius 2 is 1.13 bits per heavy atom. The van der Waals surface area contributed by atoms with Crippen LogP contribution < -0.4 is 15.4 Å². The number of carbonyl (C=O) groups is 5. The summed E-state index contributed by atoms with van der Waals surface area (Å²) in [5.41, 5.74) is 3.48. The van der Waals surface area contributed by atoms with Gasteiger partial charge in [-0.1, -0.05) is 135 Å². The molecule has 0 aliphatic heterocycles. The number of halogens is 1. The maximum atomic E-state index is 12.7. The predicted molar refractivity (Wildman–Crippen MR) is 236 cm³/mol. The molecule has 2 unspecified atom stereocenters. The van der Waals surface area contributed by atoms with Gasteiger partial charge in [-0.2, -0.15) is 0 Å². The predicted octanol–water partition coefficient (Wildman–Crippen LogP) is 10.0. The molecule has 6 rings (SSSR count). The minimum absolute atomic E-state index is 0.0547. The molecule has 2 amide bonds. The minimum Gasteiger partial charge on any atom is -0.497 e. The van der Waals surface area contributed by atoms with Gasteiger partial charge in [-0.05, 0) is 78.4 Å². The molecule has 1 aliphatic carbocycles. The smallest absolute Gasteiger partial charge is 0.311 e. The van der Waals surface area contributed by atoms with Crippen LogP contribution in [-0.4, -0.2) is 48.0 Å². The second-order valence-corrected chi connectivity index (χ2v) is 14.7. The van der Waals surface area contributed by atoms with Gasteiger partial charge < -0.3 is 30.0 Å². The van der Waals surface area contributed by atoms with Gasteiger partial charge in [-0.15, -0.1) is 0 Å². The fourth-order valence-electron chi connectivity index (χ4n) is 6.38. The molecule has 0 radical (unpaired) electrons. The van der Waals surface area contributed by atoms with Crippen LogP contribution in [0, 0.1) is 5.92 Å². The van der Waals surface area contributed by atoms with Gasteiger partial charge in [0.2, 0.25) is 6.10 Å². The molecule has 12 heteroatoms. The van der Waals surface area contributed by atoms with E-state index in [1.54, 1.807) is 111 Å². The van der Waals surface area contributed by atoms with Crippen LogP contribution in [-0.2, 0) is 46.3 Å². The molecule has 5 aromatic carbocycles. The molecule has 5 aromatic rings. The standard InChI is InChI=1S/C22H18ClNO3.C19H21NO4.C8H14O2/c23-18-13-11-16(12-14-18)15-20(25)27-21(17-7-3-1-4-8-17)22(26)24-19-9-5-2-6-10-19;1-3-17(19(22)20-15-7-5-4-6-8-15)24-18(21)13-14-9-11-16(23-2)12-10-14;9-8(10)6-5-7-3-1-2-4-7/h1-14,21H,15H2,(H,24,26);4-12,17H,3,13H2,1-2H3,(H,20,22);7H,1-6H2,(H,9,10). The van der Waals surface area contributed by atoms with Crippen LogP contribution >= 0.6 is 11.6 Å². The van der Waals surface area contributed by atoms with E-state index >= 15 is 0 Å². The number of nitrogens with one attached hydrogen (secondary N) is 2. The molecule has 3 N–H and O–H groups in total. The average Bonchev–Trinajstić information content (AvgIpc) is 3.80. The number of rotatable bonds is 16. The number of esters is 2. The number of amides is 2. The van der Waals surface area contributed by atoms with Gasteiger partial charge in [0, 0.05) is 28.4 Å². The number of methoxy groups -OCH3 is 1. The Balaban J connectivity index is 0.000000221. The van der Waals surface area contributed by atoms with Crippen LogP contribution in [0.3, 0.4) is 0 Å². The number of ether oxygens (including phenoxy) is 3. The molecule has 0 saturated heterocycles. The Hall–Kier alpha value is -6.46. The lowest BCUT2D eigenvalue weighted by atomic mass is 10.0. The van der Waals surface area contributed by atoms with E-state index in [9.17, 15) is 24.0 Å². The molecule has 61 heavy (non-hydrogen) atoms. The van der Waals surface area contributed by atoms with Gasteiger partial charge in [0.15, 0.2) is 6.10 Å². The average molecular weight is 849 g/mol. The second-order valence-electron chi connectivity index (χ2n) is 14.3. The third kappa shape index (κ3) is 17.7. The summed E-state index contributed by atoms with van der Waals surface area (Å²) in [5.74, 6) is -0.864. The Labute approximate surface area is 362 Å². The number of aliphatic carboxylic acids is 1. The highest BCUT2D eigenvalue weighted by atomic mass is 35.5. The SMILES string of the molecule is CCC(OC(=O)Cc1ccc(OC)cc1)C(=O)Nc1ccccc1.O=C(Cc1ccc(Cl)cc1)OC(C(=O)Nc1ccccc1)c1ccccc1.O=C(O)CCC1CCCC1. The normalized spacial score (nSPS) is 12.8. The van der Waals surface area contributed by atoms with Gasteiger partial charge in [-0.3, -0.25) is 24.0 Å². The number of anilines is 2. The number of carboxylic acid groups (broad SMARTS) is 1. The zero-order valence-electron chi connectivity index (χ0n) is 34.5. The van der Waals surface area contributed by atoms with E-state index in [1.165, 1.54) is 25.7 Å². The number of hydrogen-bond acceptors (Lipinski definition) is 8. The fraction of sp³-hybridized carbons (Fsp3) is 0.286. The summed E-state index contributed by atoms with van der Waals surface area (Å²) in [6, 6.07) is 41.1. The van der Waals surface area contributed by atoms with Gasteiger partial charge >= 0.3 is 17.9 Å². The summed E-state index contributed by atoms with van der Waals surface area (Å²) in [4.78, 5) is 59.6.